The number of hydrogen-bond acceptors (Lipinski definition) is 3. The first-order valence-corrected chi connectivity index (χ1v) is 7.66. The van der Waals surface area contributed by atoms with Crippen LogP contribution in [0.4, 0.5) is 0 Å². The molecular formula is C17H15Cl2NO3. The molecule has 0 bridgehead atoms. The smallest absolute Gasteiger partial charge is 0.325 e. The summed E-state index contributed by atoms with van der Waals surface area (Å²) in [6, 6.07) is 12.0. The molecule has 23 heavy (non-hydrogen) atoms. The van der Waals surface area contributed by atoms with Gasteiger partial charge in [0, 0.05) is 5.56 Å². The number of amides is 1. The molecule has 0 fully saturated rings. The van der Waals surface area contributed by atoms with E-state index in [0.717, 1.165) is 11.1 Å². The van der Waals surface area contributed by atoms with Gasteiger partial charge in [-0.3, -0.25) is 9.59 Å². The summed E-state index contributed by atoms with van der Waals surface area (Å²) in [6.07, 6.45) is 0. The van der Waals surface area contributed by atoms with Crippen molar-refractivity contribution in [2.75, 3.05) is 6.54 Å². The predicted molar refractivity (Wildman–Crippen MR) is 89.8 cm³/mol. The van der Waals surface area contributed by atoms with Crippen LogP contribution in [0.1, 0.15) is 21.5 Å². The topological polar surface area (TPSA) is 55.4 Å². The third-order valence-electron chi connectivity index (χ3n) is 3.09. The van der Waals surface area contributed by atoms with Gasteiger partial charge in [0.25, 0.3) is 5.91 Å². The second-order valence-corrected chi connectivity index (χ2v) is 5.77. The van der Waals surface area contributed by atoms with Crippen LogP contribution in [0, 0.1) is 6.92 Å². The van der Waals surface area contributed by atoms with E-state index in [1.165, 1.54) is 0 Å². The van der Waals surface area contributed by atoms with Crippen LogP contribution in [0.5, 0.6) is 0 Å². The zero-order valence-electron chi connectivity index (χ0n) is 12.4. The van der Waals surface area contributed by atoms with Crippen LogP contribution in [0.3, 0.4) is 0 Å². The van der Waals surface area contributed by atoms with Gasteiger partial charge >= 0.3 is 5.97 Å². The molecule has 0 unspecified atom stereocenters. The number of rotatable bonds is 5. The number of ether oxygens (including phenoxy) is 1. The summed E-state index contributed by atoms with van der Waals surface area (Å²) < 4.78 is 5.07. The van der Waals surface area contributed by atoms with Gasteiger partial charge in [0.2, 0.25) is 0 Å². The van der Waals surface area contributed by atoms with Crippen molar-refractivity contribution in [1.82, 2.24) is 5.32 Å². The van der Waals surface area contributed by atoms with Gasteiger partial charge in [0.1, 0.15) is 13.2 Å². The molecule has 0 aliphatic rings. The Morgan fingerprint density at radius 2 is 1.74 bits per heavy atom. The van der Waals surface area contributed by atoms with Gasteiger partial charge in [-0.2, -0.15) is 0 Å². The zero-order chi connectivity index (χ0) is 16.8. The summed E-state index contributed by atoms with van der Waals surface area (Å²) in [5.74, 6) is -0.854. The number of hydrogen-bond donors (Lipinski definition) is 1. The fraction of sp³-hybridized carbons (Fsp3) is 0.176. The largest absolute Gasteiger partial charge is 0.460 e. The van der Waals surface area contributed by atoms with Crippen molar-refractivity contribution < 1.29 is 14.3 Å². The van der Waals surface area contributed by atoms with Gasteiger partial charge in [-0.05, 0) is 36.8 Å². The molecule has 0 spiro atoms. The van der Waals surface area contributed by atoms with Crippen molar-refractivity contribution in [2.45, 2.75) is 13.5 Å². The Bertz CT molecular complexity index is 714. The van der Waals surface area contributed by atoms with Crippen molar-refractivity contribution in [1.29, 1.82) is 0 Å². The SMILES string of the molecule is Cc1ccc(C(=O)NCC(=O)OCc2ccc(Cl)c(Cl)c2)cc1. The van der Waals surface area contributed by atoms with Crippen molar-refractivity contribution in [3.63, 3.8) is 0 Å². The van der Waals surface area contributed by atoms with E-state index in [1.807, 2.05) is 19.1 Å². The Balaban J connectivity index is 1.79. The van der Waals surface area contributed by atoms with Crippen LogP contribution >= 0.6 is 23.2 Å². The second kappa shape index (κ2) is 7.99. The minimum absolute atomic E-state index is 0.0656. The number of nitrogens with one attached hydrogen (secondary N) is 1. The predicted octanol–water partition coefficient (Wildman–Crippen LogP) is 3.78. The van der Waals surface area contributed by atoms with Gasteiger partial charge in [-0.1, -0.05) is 47.0 Å². The highest BCUT2D eigenvalue weighted by molar-refractivity contribution is 6.42. The fourth-order valence-corrected chi connectivity index (χ4v) is 2.12. The van der Waals surface area contributed by atoms with Crippen LogP contribution in [0.25, 0.3) is 0 Å². The normalized spacial score (nSPS) is 10.2. The van der Waals surface area contributed by atoms with Crippen molar-refractivity contribution in [2.24, 2.45) is 0 Å². The van der Waals surface area contributed by atoms with Crippen LogP contribution in [0.15, 0.2) is 42.5 Å². The Morgan fingerprint density at radius 3 is 2.39 bits per heavy atom. The minimum Gasteiger partial charge on any atom is -0.460 e. The first-order valence-electron chi connectivity index (χ1n) is 6.90. The summed E-state index contributed by atoms with van der Waals surface area (Å²) in [7, 11) is 0. The van der Waals surface area contributed by atoms with E-state index in [9.17, 15) is 9.59 Å². The van der Waals surface area contributed by atoms with Crippen LogP contribution in [-0.4, -0.2) is 18.4 Å². The maximum absolute atomic E-state index is 11.9. The Morgan fingerprint density at radius 1 is 1.04 bits per heavy atom. The highest BCUT2D eigenvalue weighted by Gasteiger charge is 2.09. The lowest BCUT2D eigenvalue weighted by Gasteiger charge is -2.07. The highest BCUT2D eigenvalue weighted by atomic mass is 35.5. The van der Waals surface area contributed by atoms with Crippen molar-refractivity contribution in [3.8, 4) is 0 Å². The van der Waals surface area contributed by atoms with Gasteiger partial charge < -0.3 is 10.1 Å². The Kier molecular flexibility index (Phi) is 6.02. The van der Waals surface area contributed by atoms with Crippen LogP contribution in [-0.2, 0) is 16.1 Å². The maximum atomic E-state index is 11.9. The number of carbonyl (C=O) groups excluding carboxylic acids is 2. The third kappa shape index (κ3) is 5.27. The number of aryl methyl sites for hydroxylation is 1. The number of benzene rings is 2. The molecule has 6 heteroatoms. The fourth-order valence-electron chi connectivity index (χ4n) is 1.80. The van der Waals surface area contributed by atoms with E-state index >= 15 is 0 Å². The monoisotopic (exact) mass is 351 g/mol. The average Bonchev–Trinajstić information content (AvgIpc) is 2.54. The molecule has 0 aliphatic heterocycles. The van der Waals surface area contributed by atoms with Crippen LogP contribution < -0.4 is 5.32 Å². The molecule has 2 aromatic rings. The van der Waals surface area contributed by atoms with Crippen molar-refractivity contribution in [3.05, 3.63) is 69.2 Å². The highest BCUT2D eigenvalue weighted by Crippen LogP contribution is 2.22. The molecule has 120 valence electrons. The van der Waals surface area contributed by atoms with E-state index in [4.69, 9.17) is 27.9 Å². The van der Waals surface area contributed by atoms with Crippen LogP contribution in [0.2, 0.25) is 10.0 Å². The number of halogens is 2. The van der Waals surface area contributed by atoms with E-state index in [2.05, 4.69) is 5.32 Å². The first-order chi connectivity index (χ1) is 11.0. The average molecular weight is 352 g/mol. The lowest BCUT2D eigenvalue weighted by molar-refractivity contribution is -0.143. The second-order valence-electron chi connectivity index (χ2n) is 4.96. The van der Waals surface area contributed by atoms with E-state index in [0.29, 0.717) is 15.6 Å². The molecule has 2 rings (SSSR count). The summed E-state index contributed by atoms with van der Waals surface area (Å²) in [5, 5.41) is 3.35. The molecule has 1 N–H and O–H groups in total. The maximum Gasteiger partial charge on any atom is 0.325 e. The van der Waals surface area contributed by atoms with Gasteiger partial charge in [-0.15, -0.1) is 0 Å². The Hall–Kier alpha value is -2.04. The molecule has 0 atom stereocenters. The summed E-state index contributed by atoms with van der Waals surface area (Å²) in [6.45, 7) is 1.80. The summed E-state index contributed by atoms with van der Waals surface area (Å²) in [5.41, 5.74) is 2.27. The molecule has 0 aromatic heterocycles. The van der Waals surface area contributed by atoms with Crippen molar-refractivity contribution >= 4 is 35.1 Å². The molecule has 0 saturated carbocycles. The molecular weight excluding hydrogens is 337 g/mol. The molecule has 0 aliphatic carbocycles. The molecule has 4 nitrogen and oxygen atoms in total. The quantitative estimate of drug-likeness (QED) is 0.834. The summed E-state index contributed by atoms with van der Waals surface area (Å²) >= 11 is 11.7. The molecule has 1 amide bonds. The third-order valence-corrected chi connectivity index (χ3v) is 3.83. The van der Waals surface area contributed by atoms with E-state index in [-0.39, 0.29) is 19.1 Å². The minimum atomic E-state index is -0.531. The van der Waals surface area contributed by atoms with E-state index in [1.54, 1.807) is 30.3 Å². The Labute approximate surface area is 144 Å². The number of esters is 1. The van der Waals surface area contributed by atoms with Gasteiger partial charge in [-0.25, -0.2) is 0 Å². The molecule has 2 aromatic carbocycles. The molecule has 0 radical (unpaired) electrons. The lowest BCUT2D eigenvalue weighted by Crippen LogP contribution is -2.30. The molecule has 0 saturated heterocycles. The van der Waals surface area contributed by atoms with E-state index < -0.39 is 5.97 Å². The standard InChI is InChI=1S/C17H15Cl2NO3/c1-11-2-5-13(6-3-11)17(22)20-9-16(21)23-10-12-4-7-14(18)15(19)8-12/h2-8H,9-10H2,1H3,(H,20,22). The zero-order valence-corrected chi connectivity index (χ0v) is 13.9. The summed E-state index contributed by atoms with van der Waals surface area (Å²) in [4.78, 5) is 23.5. The van der Waals surface area contributed by atoms with Gasteiger partial charge in [0.05, 0.1) is 10.0 Å². The lowest BCUT2D eigenvalue weighted by atomic mass is 10.1. The van der Waals surface area contributed by atoms with Gasteiger partial charge in [0.15, 0.2) is 0 Å². The number of carbonyl (C=O) groups is 2. The first kappa shape index (κ1) is 17.3. The molecule has 0 heterocycles.